The van der Waals surface area contributed by atoms with Gasteiger partial charge in [-0.05, 0) is 23.8 Å². The van der Waals surface area contributed by atoms with Gasteiger partial charge in [0.25, 0.3) is 0 Å². The topological polar surface area (TPSA) is 55.4 Å². The number of hydrogen-bond donors (Lipinski definition) is 1. The lowest BCUT2D eigenvalue weighted by Crippen LogP contribution is -2.60. The van der Waals surface area contributed by atoms with Gasteiger partial charge in [0.15, 0.2) is 5.54 Å². The first-order chi connectivity index (χ1) is 10.7. The normalized spacial score (nSPS) is 23.0. The summed E-state index contributed by atoms with van der Waals surface area (Å²) in [5, 5.41) is 0. The molecule has 4 nitrogen and oxygen atoms in total. The highest BCUT2D eigenvalue weighted by molar-refractivity contribution is 7.85. The monoisotopic (exact) mass is 347 g/mol. The maximum absolute atomic E-state index is 13.9. The van der Waals surface area contributed by atoms with E-state index in [2.05, 4.69) is 4.18 Å². The fourth-order valence-corrected chi connectivity index (χ4v) is 3.66. The van der Waals surface area contributed by atoms with E-state index in [4.69, 9.17) is 0 Å². The van der Waals surface area contributed by atoms with Crippen LogP contribution in [-0.4, -0.2) is 14.6 Å². The van der Waals surface area contributed by atoms with E-state index in [1.54, 1.807) is 4.72 Å². The molecule has 0 saturated carbocycles. The SMILES string of the molecule is O=S1(=O)N[C@@](c2ccc(F)cc2)(C(F)(F)F)c2ccccc2O1. The average molecular weight is 347 g/mol. The number of alkyl halides is 3. The molecule has 0 bridgehead atoms. The summed E-state index contributed by atoms with van der Waals surface area (Å²) in [5.74, 6) is -1.18. The molecule has 0 unspecified atom stereocenters. The minimum atomic E-state index is -5.03. The summed E-state index contributed by atoms with van der Waals surface area (Å²) in [6.07, 6.45) is -5.03. The molecule has 3 rings (SSSR count). The Balaban J connectivity index is 2.39. The van der Waals surface area contributed by atoms with Gasteiger partial charge in [-0.1, -0.05) is 30.3 Å². The Morgan fingerprint density at radius 1 is 1.00 bits per heavy atom. The van der Waals surface area contributed by atoms with E-state index in [-0.39, 0.29) is 0 Å². The van der Waals surface area contributed by atoms with Crippen molar-refractivity contribution >= 4 is 10.3 Å². The van der Waals surface area contributed by atoms with Crippen LogP contribution in [0.2, 0.25) is 0 Å². The maximum atomic E-state index is 13.9. The molecule has 0 radical (unpaired) electrons. The van der Waals surface area contributed by atoms with Crippen LogP contribution in [0.1, 0.15) is 11.1 Å². The lowest BCUT2D eigenvalue weighted by atomic mass is 9.82. The zero-order valence-corrected chi connectivity index (χ0v) is 12.1. The molecule has 1 aliphatic heterocycles. The molecule has 0 aromatic heterocycles. The van der Waals surface area contributed by atoms with Gasteiger partial charge in [-0.15, -0.1) is 0 Å². The zero-order valence-electron chi connectivity index (χ0n) is 11.3. The summed E-state index contributed by atoms with van der Waals surface area (Å²) in [4.78, 5) is 0. The summed E-state index contributed by atoms with van der Waals surface area (Å²) in [5.41, 5.74) is -3.95. The van der Waals surface area contributed by atoms with Crippen molar-refractivity contribution in [1.82, 2.24) is 4.72 Å². The number of hydrogen-bond acceptors (Lipinski definition) is 3. The number of fused-ring (bicyclic) bond motifs is 1. The van der Waals surface area contributed by atoms with Crippen LogP contribution in [0.15, 0.2) is 48.5 Å². The predicted octanol–water partition coefficient (Wildman–Crippen LogP) is 2.86. The van der Waals surface area contributed by atoms with Crippen LogP contribution in [0.3, 0.4) is 0 Å². The average Bonchev–Trinajstić information content (AvgIpc) is 2.45. The lowest BCUT2D eigenvalue weighted by Gasteiger charge is -2.40. The van der Waals surface area contributed by atoms with Crippen LogP contribution < -0.4 is 8.91 Å². The highest BCUT2D eigenvalue weighted by Gasteiger charge is 2.62. The second-order valence-corrected chi connectivity index (χ2v) is 6.17. The first kappa shape index (κ1) is 15.8. The van der Waals surface area contributed by atoms with Crippen molar-refractivity contribution in [2.45, 2.75) is 11.7 Å². The Bertz CT molecular complexity index is 849. The van der Waals surface area contributed by atoms with Crippen molar-refractivity contribution in [2.75, 3.05) is 0 Å². The molecule has 0 aliphatic carbocycles. The first-order valence-electron chi connectivity index (χ1n) is 6.31. The van der Waals surface area contributed by atoms with E-state index in [1.165, 1.54) is 12.1 Å². The molecule has 122 valence electrons. The second-order valence-electron chi connectivity index (χ2n) is 4.89. The highest BCUT2D eigenvalue weighted by atomic mass is 32.2. The molecular formula is C14H9F4NO3S. The number of rotatable bonds is 1. The van der Waals surface area contributed by atoms with Crippen molar-refractivity contribution in [3.8, 4) is 5.75 Å². The van der Waals surface area contributed by atoms with Crippen LogP contribution in [0, 0.1) is 5.82 Å². The summed E-state index contributed by atoms with van der Waals surface area (Å²) < 4.78 is 84.6. The molecule has 2 aromatic rings. The Morgan fingerprint density at radius 3 is 2.22 bits per heavy atom. The molecule has 1 N–H and O–H groups in total. The molecule has 0 spiro atoms. The van der Waals surface area contributed by atoms with Gasteiger partial charge in [-0.3, -0.25) is 0 Å². The molecule has 0 saturated heterocycles. The molecular weight excluding hydrogens is 338 g/mol. The second kappa shape index (κ2) is 4.93. The van der Waals surface area contributed by atoms with Crippen molar-refractivity contribution in [3.05, 3.63) is 65.5 Å². The standard InChI is InChI=1S/C14H9F4NO3S/c15-10-7-5-9(6-8-10)13(14(16,17)18)11-3-1-2-4-12(11)22-23(20,21)19-13/h1-8,19H/t13-/m1/s1. The van der Waals surface area contributed by atoms with Gasteiger partial charge >= 0.3 is 16.5 Å². The third-order valence-corrected chi connectivity index (χ3v) is 4.43. The molecule has 2 aromatic carbocycles. The van der Waals surface area contributed by atoms with Gasteiger partial charge in [0.2, 0.25) is 0 Å². The zero-order chi connectivity index (χ0) is 16.9. The molecule has 1 heterocycles. The largest absolute Gasteiger partial charge is 0.416 e. The van der Waals surface area contributed by atoms with Crippen LogP contribution in [-0.2, 0) is 15.8 Å². The number of para-hydroxylation sites is 1. The van der Waals surface area contributed by atoms with E-state index in [9.17, 15) is 26.0 Å². The number of benzene rings is 2. The van der Waals surface area contributed by atoms with Gasteiger partial charge in [-0.25, -0.2) is 4.39 Å². The Kier molecular flexibility index (Phi) is 3.38. The van der Waals surface area contributed by atoms with Gasteiger partial charge in [0.05, 0.1) is 0 Å². The van der Waals surface area contributed by atoms with Gasteiger partial charge in [0, 0.05) is 5.56 Å². The maximum Gasteiger partial charge on any atom is 0.416 e. The van der Waals surface area contributed by atoms with Crippen molar-refractivity contribution < 1.29 is 30.2 Å². The van der Waals surface area contributed by atoms with E-state index in [0.29, 0.717) is 0 Å². The van der Waals surface area contributed by atoms with Crippen molar-refractivity contribution in [1.29, 1.82) is 0 Å². The highest BCUT2D eigenvalue weighted by Crippen LogP contribution is 2.49. The Labute approximate surface area is 129 Å². The molecule has 0 amide bonds. The van der Waals surface area contributed by atoms with Gasteiger partial charge < -0.3 is 4.18 Å². The number of nitrogens with one attached hydrogen (secondary N) is 1. The Morgan fingerprint density at radius 2 is 1.61 bits per heavy atom. The summed E-state index contributed by atoms with van der Waals surface area (Å²) in [7, 11) is -4.71. The summed E-state index contributed by atoms with van der Waals surface area (Å²) in [6.45, 7) is 0. The van der Waals surface area contributed by atoms with E-state index in [1.807, 2.05) is 0 Å². The minimum Gasteiger partial charge on any atom is -0.370 e. The predicted molar refractivity (Wildman–Crippen MR) is 72.4 cm³/mol. The molecule has 1 atom stereocenters. The third-order valence-electron chi connectivity index (χ3n) is 3.47. The lowest BCUT2D eigenvalue weighted by molar-refractivity contribution is -0.183. The van der Waals surface area contributed by atoms with E-state index < -0.39 is 44.7 Å². The van der Waals surface area contributed by atoms with Crippen LogP contribution in [0.4, 0.5) is 17.6 Å². The fourth-order valence-electron chi connectivity index (χ4n) is 2.52. The van der Waals surface area contributed by atoms with Crippen LogP contribution in [0.25, 0.3) is 0 Å². The fraction of sp³-hybridized carbons (Fsp3) is 0.143. The smallest absolute Gasteiger partial charge is 0.370 e. The quantitative estimate of drug-likeness (QED) is 0.807. The third kappa shape index (κ3) is 2.45. The first-order valence-corrected chi connectivity index (χ1v) is 7.72. The molecule has 1 aliphatic rings. The number of halogens is 4. The van der Waals surface area contributed by atoms with Crippen LogP contribution in [0.5, 0.6) is 5.75 Å². The van der Waals surface area contributed by atoms with Gasteiger partial charge in [0.1, 0.15) is 11.6 Å². The van der Waals surface area contributed by atoms with E-state index >= 15 is 0 Å². The molecule has 9 heteroatoms. The summed E-state index contributed by atoms with van der Waals surface area (Å²) >= 11 is 0. The van der Waals surface area contributed by atoms with Crippen molar-refractivity contribution in [2.24, 2.45) is 0 Å². The van der Waals surface area contributed by atoms with E-state index in [0.717, 1.165) is 36.4 Å². The van der Waals surface area contributed by atoms with Gasteiger partial charge in [-0.2, -0.15) is 26.3 Å². The minimum absolute atomic E-state index is 0.422. The van der Waals surface area contributed by atoms with Crippen molar-refractivity contribution in [3.63, 3.8) is 0 Å². The summed E-state index contributed by atoms with van der Waals surface area (Å²) in [6, 6.07) is 8.33. The molecule has 0 fully saturated rings. The van der Waals surface area contributed by atoms with Crippen LogP contribution >= 0.6 is 0 Å². The molecule has 23 heavy (non-hydrogen) atoms. The Hall–Kier alpha value is -2.13.